The average Bonchev–Trinajstić information content (AvgIpc) is 2.42. The van der Waals surface area contributed by atoms with Gasteiger partial charge in [-0.05, 0) is 32.4 Å². The Kier molecular flexibility index (Phi) is 7.51. The van der Waals surface area contributed by atoms with Crippen LogP contribution in [0.2, 0.25) is 0 Å². The van der Waals surface area contributed by atoms with E-state index in [2.05, 4.69) is 18.7 Å². The zero-order valence-corrected chi connectivity index (χ0v) is 13.0. The molecule has 0 atom stereocenters. The van der Waals surface area contributed by atoms with E-state index in [0.29, 0.717) is 24.2 Å². The van der Waals surface area contributed by atoms with Crippen LogP contribution >= 0.6 is 12.2 Å². The van der Waals surface area contributed by atoms with Crippen LogP contribution in [0.4, 0.5) is 0 Å². The number of hydrogen-bond acceptors (Lipinski definition) is 4. The molecule has 0 aliphatic heterocycles. The van der Waals surface area contributed by atoms with Crippen LogP contribution in [-0.2, 0) is 0 Å². The molecule has 0 aromatic heterocycles. The molecule has 5 heteroatoms. The van der Waals surface area contributed by atoms with Gasteiger partial charge in [0, 0.05) is 19.1 Å². The van der Waals surface area contributed by atoms with Gasteiger partial charge in [-0.1, -0.05) is 24.4 Å². The van der Waals surface area contributed by atoms with Crippen molar-refractivity contribution in [2.24, 2.45) is 5.73 Å². The van der Waals surface area contributed by atoms with E-state index < -0.39 is 0 Å². The van der Waals surface area contributed by atoms with E-state index in [-0.39, 0.29) is 6.61 Å². The Morgan fingerprint density at radius 2 is 2.05 bits per heavy atom. The quantitative estimate of drug-likeness (QED) is 0.537. The first-order valence-electron chi connectivity index (χ1n) is 6.92. The Morgan fingerprint density at radius 3 is 2.65 bits per heavy atom. The molecule has 0 unspecified atom stereocenters. The fraction of sp³-hybridized carbons (Fsp3) is 0.533. The number of hydrogen-bond donors (Lipinski definition) is 2. The predicted octanol–water partition coefficient (Wildman–Crippen LogP) is 1.79. The van der Waals surface area contributed by atoms with Gasteiger partial charge >= 0.3 is 0 Å². The number of benzene rings is 1. The molecule has 3 N–H and O–H groups in total. The van der Waals surface area contributed by atoms with Gasteiger partial charge in [-0.15, -0.1) is 0 Å². The fourth-order valence-electron chi connectivity index (χ4n) is 2.00. The third-order valence-corrected chi connectivity index (χ3v) is 3.34. The topological polar surface area (TPSA) is 58.7 Å². The lowest BCUT2D eigenvalue weighted by Crippen LogP contribution is -2.34. The molecule has 0 amide bonds. The van der Waals surface area contributed by atoms with E-state index in [1.807, 2.05) is 24.3 Å². The monoisotopic (exact) mass is 296 g/mol. The van der Waals surface area contributed by atoms with E-state index in [9.17, 15) is 0 Å². The van der Waals surface area contributed by atoms with Crippen molar-refractivity contribution >= 4 is 17.2 Å². The Morgan fingerprint density at radius 1 is 1.35 bits per heavy atom. The first-order valence-corrected chi connectivity index (χ1v) is 7.33. The molecule has 0 saturated heterocycles. The van der Waals surface area contributed by atoms with Gasteiger partial charge in [0.05, 0.1) is 18.8 Å². The van der Waals surface area contributed by atoms with Crippen LogP contribution < -0.4 is 10.5 Å². The molecular formula is C15H24N2O2S. The van der Waals surface area contributed by atoms with Gasteiger partial charge in [-0.2, -0.15) is 0 Å². The third kappa shape index (κ3) is 5.45. The summed E-state index contributed by atoms with van der Waals surface area (Å²) in [5.41, 5.74) is 6.44. The maximum Gasteiger partial charge on any atom is 0.129 e. The van der Waals surface area contributed by atoms with E-state index in [4.69, 9.17) is 27.8 Å². The van der Waals surface area contributed by atoms with E-state index in [1.165, 1.54) is 0 Å². The number of nitrogens with zero attached hydrogens (tertiary/aromatic N) is 1. The predicted molar refractivity (Wildman–Crippen MR) is 86.2 cm³/mol. The zero-order chi connectivity index (χ0) is 15.0. The molecule has 112 valence electrons. The van der Waals surface area contributed by atoms with E-state index in [1.54, 1.807) is 0 Å². The summed E-state index contributed by atoms with van der Waals surface area (Å²) in [6.45, 7) is 6.63. The van der Waals surface area contributed by atoms with Gasteiger partial charge in [0.2, 0.25) is 0 Å². The van der Waals surface area contributed by atoms with Crippen LogP contribution in [0.15, 0.2) is 24.3 Å². The van der Waals surface area contributed by atoms with Crippen LogP contribution in [-0.4, -0.2) is 47.3 Å². The van der Waals surface area contributed by atoms with Gasteiger partial charge in [-0.25, -0.2) is 0 Å². The van der Waals surface area contributed by atoms with Crippen molar-refractivity contribution < 1.29 is 9.84 Å². The first kappa shape index (κ1) is 16.9. The van der Waals surface area contributed by atoms with Gasteiger partial charge in [0.1, 0.15) is 10.7 Å². The second-order valence-electron chi connectivity index (χ2n) is 4.92. The van der Waals surface area contributed by atoms with Crippen LogP contribution in [0.1, 0.15) is 25.8 Å². The molecule has 1 rings (SSSR count). The van der Waals surface area contributed by atoms with Crippen molar-refractivity contribution in [3.63, 3.8) is 0 Å². The van der Waals surface area contributed by atoms with Crippen molar-refractivity contribution in [3.05, 3.63) is 29.8 Å². The molecule has 1 aromatic rings. The smallest absolute Gasteiger partial charge is 0.129 e. The number of aliphatic hydroxyl groups excluding tert-OH is 1. The third-order valence-electron chi connectivity index (χ3n) is 3.12. The lowest BCUT2D eigenvalue weighted by molar-refractivity contribution is 0.155. The number of nitrogens with two attached hydrogens (primary N) is 1. The van der Waals surface area contributed by atoms with Crippen molar-refractivity contribution in [2.45, 2.75) is 26.3 Å². The number of ether oxygens (including phenoxy) is 1. The SMILES string of the molecule is CC(C)N(CCO)CCCOc1ccccc1C(N)=S. The van der Waals surface area contributed by atoms with E-state index in [0.717, 1.165) is 24.3 Å². The van der Waals surface area contributed by atoms with E-state index >= 15 is 0 Å². The summed E-state index contributed by atoms with van der Waals surface area (Å²) >= 11 is 5.00. The molecule has 1 aromatic carbocycles. The second kappa shape index (κ2) is 8.89. The highest BCUT2D eigenvalue weighted by Crippen LogP contribution is 2.17. The molecule has 0 saturated carbocycles. The molecule has 20 heavy (non-hydrogen) atoms. The Hall–Kier alpha value is -1.17. The summed E-state index contributed by atoms with van der Waals surface area (Å²) in [4.78, 5) is 2.58. The summed E-state index contributed by atoms with van der Waals surface area (Å²) < 4.78 is 5.75. The summed E-state index contributed by atoms with van der Waals surface area (Å²) in [5.74, 6) is 0.734. The molecule has 0 aliphatic rings. The number of aliphatic hydroxyl groups is 1. The van der Waals surface area contributed by atoms with Gasteiger partial charge < -0.3 is 15.6 Å². The van der Waals surface area contributed by atoms with Gasteiger partial charge in [-0.3, -0.25) is 4.90 Å². The van der Waals surface area contributed by atoms with Crippen molar-refractivity contribution in [3.8, 4) is 5.75 Å². The molecule has 0 spiro atoms. The second-order valence-corrected chi connectivity index (χ2v) is 5.36. The molecule has 0 radical (unpaired) electrons. The van der Waals surface area contributed by atoms with Crippen molar-refractivity contribution in [1.82, 2.24) is 4.90 Å². The molecule has 0 fully saturated rings. The minimum atomic E-state index is 0.184. The fourth-order valence-corrected chi connectivity index (χ4v) is 2.17. The van der Waals surface area contributed by atoms with Crippen LogP contribution in [0, 0.1) is 0 Å². The lowest BCUT2D eigenvalue weighted by atomic mass is 10.2. The van der Waals surface area contributed by atoms with Crippen molar-refractivity contribution in [1.29, 1.82) is 0 Å². The lowest BCUT2D eigenvalue weighted by Gasteiger charge is -2.25. The maximum atomic E-state index is 9.02. The summed E-state index contributed by atoms with van der Waals surface area (Å²) in [6.07, 6.45) is 0.893. The largest absolute Gasteiger partial charge is 0.493 e. The first-order chi connectivity index (χ1) is 9.56. The minimum absolute atomic E-state index is 0.184. The normalized spacial score (nSPS) is 11.1. The van der Waals surface area contributed by atoms with Gasteiger partial charge in [0.15, 0.2) is 0 Å². The highest BCUT2D eigenvalue weighted by molar-refractivity contribution is 7.80. The van der Waals surface area contributed by atoms with Crippen LogP contribution in [0.5, 0.6) is 5.75 Å². The van der Waals surface area contributed by atoms with Crippen LogP contribution in [0.3, 0.4) is 0 Å². The minimum Gasteiger partial charge on any atom is -0.493 e. The average molecular weight is 296 g/mol. The molecule has 0 bridgehead atoms. The van der Waals surface area contributed by atoms with Crippen molar-refractivity contribution in [2.75, 3.05) is 26.3 Å². The highest BCUT2D eigenvalue weighted by atomic mass is 32.1. The zero-order valence-electron chi connectivity index (χ0n) is 12.2. The molecule has 4 nitrogen and oxygen atoms in total. The summed E-state index contributed by atoms with van der Waals surface area (Å²) in [7, 11) is 0. The number of thiocarbonyl (C=S) groups is 1. The summed E-state index contributed by atoms with van der Waals surface area (Å²) in [5, 5.41) is 9.02. The highest BCUT2D eigenvalue weighted by Gasteiger charge is 2.09. The molecule has 0 heterocycles. The molecule has 0 aliphatic carbocycles. The standard InChI is InChI=1S/C15H24N2O2S/c1-12(2)17(9-10-18)8-5-11-19-14-7-4-3-6-13(14)15(16)20/h3-4,6-7,12,18H,5,8-11H2,1-2H3,(H2,16,20). The van der Waals surface area contributed by atoms with Gasteiger partial charge in [0.25, 0.3) is 0 Å². The van der Waals surface area contributed by atoms with Crippen LogP contribution in [0.25, 0.3) is 0 Å². The molecular weight excluding hydrogens is 272 g/mol. The number of para-hydroxylation sites is 1. The Labute approximate surface area is 126 Å². The maximum absolute atomic E-state index is 9.02. The summed E-state index contributed by atoms with van der Waals surface area (Å²) in [6, 6.07) is 7.96. The Bertz CT molecular complexity index is 424. The Balaban J connectivity index is 2.43. The number of rotatable bonds is 9.